The number of nitrogens with two attached hydrogens (primary N) is 1. The Balaban J connectivity index is 1.85. The van der Waals surface area contributed by atoms with Gasteiger partial charge < -0.3 is 11.1 Å². The molecule has 3 N–H and O–H groups in total. The molecule has 2 heterocycles. The Bertz CT molecular complexity index is 798. The molecule has 3 rings (SSSR count). The molecule has 1 aromatic carbocycles. The van der Waals surface area contributed by atoms with Crippen LogP contribution in [-0.2, 0) is 6.54 Å². The van der Waals surface area contributed by atoms with Crippen LogP contribution in [-0.4, -0.2) is 15.3 Å². The molecule has 0 aliphatic rings. The van der Waals surface area contributed by atoms with Crippen LogP contribution in [0, 0.1) is 0 Å². The van der Waals surface area contributed by atoms with E-state index in [4.69, 9.17) is 5.73 Å². The summed E-state index contributed by atoms with van der Waals surface area (Å²) in [5.41, 5.74) is 7.88. The average molecular weight is 345 g/mol. The van der Waals surface area contributed by atoms with Gasteiger partial charge in [-0.1, -0.05) is 30.3 Å². The summed E-state index contributed by atoms with van der Waals surface area (Å²) in [6, 6.07) is 13.4. The number of fused-ring (bicyclic) bond motifs is 1. The molecule has 2 aromatic heterocycles. The molecule has 6 heteroatoms. The predicted octanol–water partition coefficient (Wildman–Crippen LogP) is 2.61. The van der Waals surface area contributed by atoms with Crippen LogP contribution in [0.4, 0.5) is 5.82 Å². The van der Waals surface area contributed by atoms with Gasteiger partial charge in [0.15, 0.2) is 11.3 Å². The molecule has 5 nitrogen and oxygen atoms in total. The predicted molar refractivity (Wildman–Crippen MR) is 84.9 cm³/mol. The molecular weight excluding hydrogens is 332 g/mol. The molecule has 0 radical (unpaired) electrons. The van der Waals surface area contributed by atoms with E-state index >= 15 is 0 Å². The smallest absolute Gasteiger partial charge is 0.274 e. The summed E-state index contributed by atoms with van der Waals surface area (Å²) >= 11 is 3.40. The third kappa shape index (κ3) is 2.62. The largest absolute Gasteiger partial charge is 0.383 e. The van der Waals surface area contributed by atoms with Gasteiger partial charge in [0.2, 0.25) is 0 Å². The lowest BCUT2D eigenvalue weighted by molar-refractivity contribution is 0.0947. The minimum absolute atomic E-state index is 0.234. The van der Waals surface area contributed by atoms with Gasteiger partial charge in [-0.3, -0.25) is 9.20 Å². The van der Waals surface area contributed by atoms with E-state index in [2.05, 4.69) is 26.2 Å². The molecule has 106 valence electrons. The molecule has 21 heavy (non-hydrogen) atoms. The van der Waals surface area contributed by atoms with Crippen molar-refractivity contribution in [2.75, 3.05) is 5.73 Å². The van der Waals surface area contributed by atoms with E-state index in [1.54, 1.807) is 10.6 Å². The maximum Gasteiger partial charge on any atom is 0.274 e. The lowest BCUT2D eigenvalue weighted by atomic mass is 10.2. The van der Waals surface area contributed by atoms with Crippen molar-refractivity contribution in [3.05, 3.63) is 64.4 Å². The van der Waals surface area contributed by atoms with Crippen LogP contribution in [0.2, 0.25) is 0 Å². The van der Waals surface area contributed by atoms with Gasteiger partial charge in [-0.2, -0.15) is 0 Å². The van der Waals surface area contributed by atoms with Crippen LogP contribution < -0.4 is 11.1 Å². The minimum Gasteiger partial charge on any atom is -0.383 e. The first-order valence-corrected chi connectivity index (χ1v) is 7.20. The topological polar surface area (TPSA) is 72.4 Å². The fourth-order valence-electron chi connectivity index (χ4n) is 2.08. The standard InChI is InChI=1S/C15H13BrN4O/c16-11-7-4-8-20-13(17)12(19-14(11)20)15(21)18-9-10-5-2-1-3-6-10/h1-8H,9,17H2,(H,18,21). The highest BCUT2D eigenvalue weighted by atomic mass is 79.9. The Kier molecular flexibility index (Phi) is 3.62. The van der Waals surface area contributed by atoms with Crippen molar-refractivity contribution in [1.29, 1.82) is 0 Å². The van der Waals surface area contributed by atoms with Gasteiger partial charge in [0.25, 0.3) is 5.91 Å². The molecule has 1 amide bonds. The van der Waals surface area contributed by atoms with Crippen molar-refractivity contribution in [3.8, 4) is 0 Å². The number of rotatable bonds is 3. The molecule has 0 aliphatic carbocycles. The molecule has 0 fully saturated rings. The maximum atomic E-state index is 12.2. The second kappa shape index (κ2) is 5.57. The molecule has 0 bridgehead atoms. The molecule has 0 aliphatic heterocycles. The van der Waals surface area contributed by atoms with Crippen molar-refractivity contribution in [2.24, 2.45) is 0 Å². The van der Waals surface area contributed by atoms with Gasteiger partial charge in [0.05, 0.1) is 4.47 Å². The zero-order valence-corrected chi connectivity index (χ0v) is 12.7. The van der Waals surface area contributed by atoms with Gasteiger partial charge in [0, 0.05) is 12.7 Å². The number of carbonyl (C=O) groups excluding carboxylic acids is 1. The van der Waals surface area contributed by atoms with Crippen LogP contribution in [0.25, 0.3) is 5.65 Å². The van der Waals surface area contributed by atoms with Gasteiger partial charge in [-0.05, 0) is 33.6 Å². The number of hydrogen-bond acceptors (Lipinski definition) is 3. The first-order chi connectivity index (χ1) is 10.2. The molecule has 3 aromatic rings. The number of halogens is 1. The van der Waals surface area contributed by atoms with E-state index in [1.807, 2.05) is 42.5 Å². The van der Waals surface area contributed by atoms with Crippen molar-refractivity contribution in [3.63, 3.8) is 0 Å². The summed E-state index contributed by atoms with van der Waals surface area (Å²) in [5, 5.41) is 2.83. The van der Waals surface area contributed by atoms with Crippen molar-refractivity contribution in [1.82, 2.24) is 14.7 Å². The third-order valence-corrected chi connectivity index (χ3v) is 3.77. The van der Waals surface area contributed by atoms with Crippen molar-refractivity contribution < 1.29 is 4.79 Å². The van der Waals surface area contributed by atoms with E-state index in [-0.39, 0.29) is 11.6 Å². The number of nitrogens with one attached hydrogen (secondary N) is 1. The Morgan fingerprint density at radius 3 is 2.71 bits per heavy atom. The number of benzene rings is 1. The second-order valence-corrected chi connectivity index (χ2v) is 5.42. The van der Waals surface area contributed by atoms with E-state index < -0.39 is 0 Å². The fourth-order valence-corrected chi connectivity index (χ4v) is 2.51. The number of anilines is 1. The van der Waals surface area contributed by atoms with Crippen LogP contribution in [0.5, 0.6) is 0 Å². The summed E-state index contributed by atoms with van der Waals surface area (Å²) in [6.07, 6.45) is 1.77. The molecule has 0 saturated heterocycles. The van der Waals surface area contributed by atoms with Crippen LogP contribution in [0.1, 0.15) is 16.1 Å². The SMILES string of the molecule is Nc1c(C(=O)NCc2ccccc2)nc2c(Br)cccn12. The molecule has 0 atom stereocenters. The quantitative estimate of drug-likeness (QED) is 0.766. The van der Waals surface area contributed by atoms with Crippen LogP contribution in [0.15, 0.2) is 53.1 Å². The molecular formula is C15H13BrN4O. The van der Waals surface area contributed by atoms with Crippen LogP contribution >= 0.6 is 15.9 Å². The highest BCUT2D eigenvalue weighted by molar-refractivity contribution is 9.10. The van der Waals surface area contributed by atoms with Gasteiger partial charge in [0.1, 0.15) is 5.82 Å². The zero-order chi connectivity index (χ0) is 14.8. The Morgan fingerprint density at radius 1 is 1.24 bits per heavy atom. The van der Waals surface area contributed by atoms with Crippen molar-refractivity contribution in [2.45, 2.75) is 6.54 Å². The van der Waals surface area contributed by atoms with Gasteiger partial charge in [-0.15, -0.1) is 0 Å². The lowest BCUT2D eigenvalue weighted by Crippen LogP contribution is -2.24. The highest BCUT2D eigenvalue weighted by Crippen LogP contribution is 2.21. The first-order valence-electron chi connectivity index (χ1n) is 6.41. The number of nitrogens with zero attached hydrogens (tertiary/aromatic N) is 2. The molecule has 0 saturated carbocycles. The summed E-state index contributed by atoms with van der Waals surface area (Å²) in [7, 11) is 0. The maximum absolute atomic E-state index is 12.2. The van der Waals surface area contributed by atoms with E-state index in [1.165, 1.54) is 0 Å². The number of imidazole rings is 1. The fraction of sp³-hybridized carbons (Fsp3) is 0.0667. The Hall–Kier alpha value is -2.34. The summed E-state index contributed by atoms with van der Waals surface area (Å²) in [6.45, 7) is 0.439. The zero-order valence-electron chi connectivity index (χ0n) is 11.1. The number of aromatic nitrogens is 2. The Morgan fingerprint density at radius 2 is 2.00 bits per heavy atom. The van der Waals surface area contributed by atoms with E-state index in [0.717, 1.165) is 10.0 Å². The summed E-state index contributed by atoms with van der Waals surface area (Å²) in [4.78, 5) is 16.5. The third-order valence-electron chi connectivity index (χ3n) is 3.15. The monoisotopic (exact) mass is 344 g/mol. The first kappa shape index (κ1) is 13.6. The lowest BCUT2D eigenvalue weighted by Gasteiger charge is -2.03. The summed E-state index contributed by atoms with van der Waals surface area (Å²) < 4.78 is 2.47. The van der Waals surface area contributed by atoms with Crippen LogP contribution in [0.3, 0.4) is 0 Å². The number of amides is 1. The summed E-state index contributed by atoms with van der Waals surface area (Å²) in [5.74, 6) is 0.0452. The van der Waals surface area contributed by atoms with E-state index in [9.17, 15) is 4.79 Å². The average Bonchev–Trinajstić information content (AvgIpc) is 2.85. The number of carbonyl (C=O) groups is 1. The Labute approximate surface area is 129 Å². The number of pyridine rings is 1. The normalized spacial score (nSPS) is 10.7. The highest BCUT2D eigenvalue weighted by Gasteiger charge is 2.17. The molecule has 0 unspecified atom stereocenters. The van der Waals surface area contributed by atoms with Crippen molar-refractivity contribution >= 4 is 33.3 Å². The van der Waals surface area contributed by atoms with E-state index in [0.29, 0.717) is 18.0 Å². The van der Waals surface area contributed by atoms with Gasteiger partial charge in [-0.25, -0.2) is 4.98 Å². The molecule has 0 spiro atoms. The van der Waals surface area contributed by atoms with Gasteiger partial charge >= 0.3 is 0 Å². The number of hydrogen-bond donors (Lipinski definition) is 2. The number of nitrogen functional groups attached to an aromatic ring is 1. The second-order valence-electron chi connectivity index (χ2n) is 4.56. The minimum atomic E-state index is -0.285.